The molecule has 1 aromatic heterocycles. The number of rotatable bonds is 2. The van der Waals surface area contributed by atoms with E-state index in [9.17, 15) is 0 Å². The highest BCUT2D eigenvalue weighted by molar-refractivity contribution is 6.42. The summed E-state index contributed by atoms with van der Waals surface area (Å²) in [6.45, 7) is 0.645. The van der Waals surface area contributed by atoms with Crippen molar-refractivity contribution in [3.63, 3.8) is 0 Å². The van der Waals surface area contributed by atoms with Gasteiger partial charge in [0.25, 0.3) is 0 Å². The Labute approximate surface area is 126 Å². The van der Waals surface area contributed by atoms with Crippen molar-refractivity contribution in [3.05, 3.63) is 69.3 Å². The Bertz CT molecular complexity index is 746. The van der Waals surface area contributed by atoms with E-state index in [4.69, 9.17) is 34.8 Å². The fourth-order valence-electron chi connectivity index (χ4n) is 2.20. The van der Waals surface area contributed by atoms with Gasteiger partial charge in [-0.05, 0) is 23.8 Å². The van der Waals surface area contributed by atoms with Crippen LogP contribution in [0.5, 0.6) is 0 Å². The Hall–Kier alpha value is -1.15. The standard InChI is InChI=1S/C15H10Cl3N/c16-12-5-2-4-11(14(12)18)9-19-8-7-10-3-1-6-13(17)15(10)19/h1-8H,9H2. The normalized spacial score (nSPS) is 11.1. The molecular weight excluding hydrogens is 301 g/mol. The largest absolute Gasteiger partial charge is 0.342 e. The third-order valence-electron chi connectivity index (χ3n) is 3.11. The van der Waals surface area contributed by atoms with Crippen LogP contribution in [0.2, 0.25) is 15.1 Å². The number of para-hydroxylation sites is 1. The molecule has 0 aliphatic carbocycles. The molecule has 0 aliphatic heterocycles. The first kappa shape index (κ1) is 12.9. The van der Waals surface area contributed by atoms with Crippen LogP contribution in [0.25, 0.3) is 10.9 Å². The third-order valence-corrected chi connectivity index (χ3v) is 4.27. The van der Waals surface area contributed by atoms with Crippen LogP contribution in [0.15, 0.2) is 48.7 Å². The van der Waals surface area contributed by atoms with Crippen molar-refractivity contribution in [1.82, 2.24) is 4.57 Å². The zero-order valence-electron chi connectivity index (χ0n) is 9.91. The molecule has 1 heterocycles. The predicted octanol–water partition coefficient (Wildman–Crippen LogP) is 5.65. The minimum atomic E-state index is 0.571. The Morgan fingerprint density at radius 2 is 1.58 bits per heavy atom. The zero-order chi connectivity index (χ0) is 13.4. The van der Waals surface area contributed by atoms with Gasteiger partial charge in [0, 0.05) is 18.1 Å². The topological polar surface area (TPSA) is 4.93 Å². The monoisotopic (exact) mass is 309 g/mol. The lowest BCUT2D eigenvalue weighted by molar-refractivity contribution is 0.837. The molecule has 0 radical (unpaired) electrons. The van der Waals surface area contributed by atoms with Crippen LogP contribution in [-0.2, 0) is 6.54 Å². The van der Waals surface area contributed by atoms with Crippen LogP contribution in [0, 0.1) is 0 Å². The van der Waals surface area contributed by atoms with Crippen LogP contribution >= 0.6 is 34.8 Å². The van der Waals surface area contributed by atoms with Crippen molar-refractivity contribution in [1.29, 1.82) is 0 Å². The fourth-order valence-corrected chi connectivity index (χ4v) is 2.87. The lowest BCUT2D eigenvalue weighted by Gasteiger charge is -2.09. The summed E-state index contributed by atoms with van der Waals surface area (Å²) >= 11 is 18.5. The molecule has 0 bridgehead atoms. The zero-order valence-corrected chi connectivity index (χ0v) is 12.2. The first-order valence-corrected chi connectivity index (χ1v) is 6.96. The quantitative estimate of drug-likeness (QED) is 0.576. The number of hydrogen-bond acceptors (Lipinski definition) is 0. The first-order valence-electron chi connectivity index (χ1n) is 5.83. The number of fused-ring (bicyclic) bond motifs is 1. The second kappa shape index (κ2) is 5.09. The average Bonchev–Trinajstić information content (AvgIpc) is 2.80. The molecule has 0 atom stereocenters. The van der Waals surface area contributed by atoms with Gasteiger partial charge in [0.05, 0.1) is 20.6 Å². The van der Waals surface area contributed by atoms with Crippen molar-refractivity contribution in [2.45, 2.75) is 6.54 Å². The SMILES string of the molecule is Clc1cccc(Cn2ccc3cccc(Cl)c32)c1Cl. The highest BCUT2D eigenvalue weighted by Gasteiger charge is 2.08. The molecule has 3 aromatic rings. The lowest BCUT2D eigenvalue weighted by atomic mass is 10.2. The van der Waals surface area contributed by atoms with E-state index in [0.29, 0.717) is 16.6 Å². The minimum absolute atomic E-state index is 0.571. The van der Waals surface area contributed by atoms with Crippen LogP contribution in [-0.4, -0.2) is 4.57 Å². The molecule has 0 amide bonds. The molecule has 96 valence electrons. The molecule has 0 fully saturated rings. The van der Waals surface area contributed by atoms with E-state index in [0.717, 1.165) is 21.5 Å². The van der Waals surface area contributed by atoms with Crippen LogP contribution in [0.4, 0.5) is 0 Å². The van der Waals surface area contributed by atoms with E-state index in [1.807, 2.05) is 42.6 Å². The molecule has 19 heavy (non-hydrogen) atoms. The van der Waals surface area contributed by atoms with E-state index in [2.05, 4.69) is 4.57 Å². The van der Waals surface area contributed by atoms with Crippen molar-refractivity contribution < 1.29 is 0 Å². The Balaban J connectivity index is 2.09. The highest BCUT2D eigenvalue weighted by atomic mass is 35.5. The molecule has 1 nitrogen and oxygen atoms in total. The van der Waals surface area contributed by atoms with Gasteiger partial charge in [0.2, 0.25) is 0 Å². The number of benzene rings is 2. The molecular formula is C15H10Cl3N. The van der Waals surface area contributed by atoms with Crippen molar-refractivity contribution in [2.75, 3.05) is 0 Å². The Morgan fingerprint density at radius 3 is 2.42 bits per heavy atom. The highest BCUT2D eigenvalue weighted by Crippen LogP contribution is 2.29. The maximum Gasteiger partial charge on any atom is 0.0672 e. The van der Waals surface area contributed by atoms with E-state index in [1.165, 1.54) is 0 Å². The van der Waals surface area contributed by atoms with Gasteiger partial charge >= 0.3 is 0 Å². The second-order valence-electron chi connectivity index (χ2n) is 4.33. The molecule has 4 heteroatoms. The molecule has 0 N–H and O–H groups in total. The number of hydrogen-bond donors (Lipinski definition) is 0. The second-order valence-corrected chi connectivity index (χ2v) is 5.53. The van der Waals surface area contributed by atoms with Crippen LogP contribution < -0.4 is 0 Å². The van der Waals surface area contributed by atoms with Crippen molar-refractivity contribution in [3.8, 4) is 0 Å². The van der Waals surface area contributed by atoms with E-state index >= 15 is 0 Å². The summed E-state index contributed by atoms with van der Waals surface area (Å²) in [5.74, 6) is 0. The van der Waals surface area contributed by atoms with Gasteiger partial charge in [-0.3, -0.25) is 0 Å². The summed E-state index contributed by atoms with van der Waals surface area (Å²) in [4.78, 5) is 0. The number of halogens is 3. The lowest BCUT2D eigenvalue weighted by Crippen LogP contribution is -1.99. The van der Waals surface area contributed by atoms with Gasteiger partial charge in [0.15, 0.2) is 0 Å². The summed E-state index contributed by atoms with van der Waals surface area (Å²) in [7, 11) is 0. The summed E-state index contributed by atoms with van der Waals surface area (Å²) in [5.41, 5.74) is 1.99. The third kappa shape index (κ3) is 2.34. The van der Waals surface area contributed by atoms with Gasteiger partial charge in [-0.2, -0.15) is 0 Å². The van der Waals surface area contributed by atoms with Gasteiger partial charge in [-0.1, -0.05) is 59.1 Å². The van der Waals surface area contributed by atoms with Crippen LogP contribution in [0.1, 0.15) is 5.56 Å². The van der Waals surface area contributed by atoms with E-state index < -0.39 is 0 Å². The van der Waals surface area contributed by atoms with E-state index in [-0.39, 0.29) is 0 Å². The van der Waals surface area contributed by atoms with E-state index in [1.54, 1.807) is 6.07 Å². The average molecular weight is 311 g/mol. The van der Waals surface area contributed by atoms with Crippen LogP contribution in [0.3, 0.4) is 0 Å². The Morgan fingerprint density at radius 1 is 0.842 bits per heavy atom. The molecule has 2 aromatic carbocycles. The molecule has 3 rings (SSSR count). The number of nitrogens with zero attached hydrogens (tertiary/aromatic N) is 1. The minimum Gasteiger partial charge on any atom is -0.342 e. The molecule has 0 saturated heterocycles. The summed E-state index contributed by atoms with van der Waals surface area (Å²) in [5, 5.41) is 3.02. The van der Waals surface area contributed by atoms with Gasteiger partial charge in [0.1, 0.15) is 0 Å². The smallest absolute Gasteiger partial charge is 0.0672 e. The molecule has 0 aliphatic rings. The summed E-state index contributed by atoms with van der Waals surface area (Å²) in [6.07, 6.45) is 2.01. The maximum absolute atomic E-state index is 6.26. The molecule has 0 unspecified atom stereocenters. The molecule has 0 saturated carbocycles. The summed E-state index contributed by atoms with van der Waals surface area (Å²) < 4.78 is 2.08. The molecule has 0 spiro atoms. The first-order chi connectivity index (χ1) is 9.16. The van der Waals surface area contributed by atoms with Gasteiger partial charge < -0.3 is 4.57 Å². The fraction of sp³-hybridized carbons (Fsp3) is 0.0667. The Kier molecular flexibility index (Phi) is 3.44. The summed E-state index contributed by atoms with van der Waals surface area (Å²) in [6, 6.07) is 13.6. The van der Waals surface area contributed by atoms with Crippen molar-refractivity contribution in [2.24, 2.45) is 0 Å². The van der Waals surface area contributed by atoms with Gasteiger partial charge in [-0.25, -0.2) is 0 Å². The predicted molar refractivity (Wildman–Crippen MR) is 82.5 cm³/mol. The van der Waals surface area contributed by atoms with Gasteiger partial charge in [-0.15, -0.1) is 0 Å². The number of aromatic nitrogens is 1. The maximum atomic E-state index is 6.26. The van der Waals surface area contributed by atoms with Crippen molar-refractivity contribution >= 4 is 45.7 Å².